The number of nitrogens with zero attached hydrogens (tertiary/aromatic N) is 2. The van der Waals surface area contributed by atoms with Crippen molar-refractivity contribution >= 4 is 0 Å². The highest BCUT2D eigenvalue weighted by Gasteiger charge is 2.41. The fourth-order valence-corrected chi connectivity index (χ4v) is 4.27. The Morgan fingerprint density at radius 1 is 1.35 bits per heavy atom. The number of ether oxygens (including phenoxy) is 1. The number of aromatic nitrogens is 2. The van der Waals surface area contributed by atoms with Crippen LogP contribution in [0.15, 0.2) is 0 Å². The second-order valence-corrected chi connectivity index (χ2v) is 6.70. The fourth-order valence-electron chi connectivity index (χ4n) is 4.27. The summed E-state index contributed by atoms with van der Waals surface area (Å²) in [5, 5.41) is 4.79. The molecule has 0 radical (unpaired) electrons. The lowest BCUT2D eigenvalue weighted by molar-refractivity contribution is -0.0912. The van der Waals surface area contributed by atoms with E-state index in [1.807, 2.05) is 6.92 Å². The van der Waals surface area contributed by atoms with Crippen molar-refractivity contribution in [2.24, 2.45) is 5.73 Å². The number of rotatable bonds is 2. The maximum Gasteiger partial charge on any atom is 0.0703 e. The number of hydrogen-bond acceptors (Lipinski definition) is 3. The highest BCUT2D eigenvalue weighted by atomic mass is 16.5. The molecule has 1 aromatic heterocycles. The van der Waals surface area contributed by atoms with E-state index in [-0.39, 0.29) is 11.6 Å². The molecule has 2 N–H and O–H groups in total. The van der Waals surface area contributed by atoms with Crippen LogP contribution in [0.5, 0.6) is 0 Å². The number of aryl methyl sites for hydroxylation is 1. The van der Waals surface area contributed by atoms with Gasteiger partial charge in [0.25, 0.3) is 0 Å². The van der Waals surface area contributed by atoms with E-state index in [0.29, 0.717) is 6.04 Å². The van der Waals surface area contributed by atoms with Crippen molar-refractivity contribution in [2.45, 2.75) is 77.0 Å². The van der Waals surface area contributed by atoms with Crippen LogP contribution in [-0.2, 0) is 4.74 Å². The molecule has 0 aromatic carbocycles. The fraction of sp³-hybridized carbons (Fsp3) is 0.812. The molecule has 4 nitrogen and oxygen atoms in total. The zero-order valence-electron chi connectivity index (χ0n) is 13.0. The molecule has 1 spiro atoms. The average Bonchev–Trinajstić information content (AvgIpc) is 2.95. The zero-order chi connectivity index (χ0) is 14.3. The van der Waals surface area contributed by atoms with Crippen LogP contribution in [0, 0.1) is 13.8 Å². The molecule has 4 heteroatoms. The predicted octanol–water partition coefficient (Wildman–Crippen LogP) is 3.18. The molecule has 112 valence electrons. The monoisotopic (exact) mass is 277 g/mol. The molecule has 2 aliphatic rings. The summed E-state index contributed by atoms with van der Waals surface area (Å²) in [5.41, 5.74) is 9.79. The number of nitrogens with two attached hydrogens (primary N) is 1. The minimum atomic E-state index is 0.0593. The quantitative estimate of drug-likeness (QED) is 0.903. The van der Waals surface area contributed by atoms with E-state index in [0.717, 1.165) is 25.1 Å². The maximum atomic E-state index is 6.14. The van der Waals surface area contributed by atoms with Gasteiger partial charge in [-0.05, 0) is 46.5 Å². The van der Waals surface area contributed by atoms with Gasteiger partial charge >= 0.3 is 0 Å². The standard InChI is InChI=1S/C16H27N3O/c1-11(17)15-12(2)18-19(13(15)3)14-6-9-20-16(10-14)7-4-5-8-16/h11,14H,4-10,17H2,1-3H3. The van der Waals surface area contributed by atoms with E-state index < -0.39 is 0 Å². The zero-order valence-corrected chi connectivity index (χ0v) is 13.0. The Morgan fingerprint density at radius 3 is 2.65 bits per heavy atom. The molecule has 2 heterocycles. The minimum absolute atomic E-state index is 0.0593. The van der Waals surface area contributed by atoms with Gasteiger partial charge in [0, 0.05) is 23.9 Å². The summed E-state index contributed by atoms with van der Waals surface area (Å²) in [4.78, 5) is 0. The van der Waals surface area contributed by atoms with Crippen molar-refractivity contribution in [3.8, 4) is 0 Å². The topological polar surface area (TPSA) is 53.1 Å². The van der Waals surface area contributed by atoms with Gasteiger partial charge in [-0.25, -0.2) is 0 Å². The van der Waals surface area contributed by atoms with Crippen molar-refractivity contribution in [1.82, 2.24) is 9.78 Å². The summed E-state index contributed by atoms with van der Waals surface area (Å²) < 4.78 is 8.37. The van der Waals surface area contributed by atoms with Gasteiger partial charge in [0.05, 0.1) is 17.3 Å². The third-order valence-corrected chi connectivity index (χ3v) is 5.16. The van der Waals surface area contributed by atoms with E-state index in [1.165, 1.54) is 36.9 Å². The molecule has 20 heavy (non-hydrogen) atoms. The Kier molecular flexibility index (Phi) is 3.63. The Morgan fingerprint density at radius 2 is 2.05 bits per heavy atom. The molecule has 1 aromatic rings. The maximum absolute atomic E-state index is 6.14. The van der Waals surface area contributed by atoms with Crippen molar-refractivity contribution < 1.29 is 4.74 Å². The van der Waals surface area contributed by atoms with E-state index in [2.05, 4.69) is 18.5 Å². The third kappa shape index (κ3) is 2.29. The highest BCUT2D eigenvalue weighted by molar-refractivity contribution is 5.28. The van der Waals surface area contributed by atoms with Crippen LogP contribution < -0.4 is 5.73 Å². The summed E-state index contributed by atoms with van der Waals surface area (Å²) >= 11 is 0. The number of hydrogen-bond donors (Lipinski definition) is 1. The van der Waals surface area contributed by atoms with Crippen molar-refractivity contribution in [1.29, 1.82) is 0 Å². The van der Waals surface area contributed by atoms with Crippen molar-refractivity contribution in [3.63, 3.8) is 0 Å². The third-order valence-electron chi connectivity index (χ3n) is 5.16. The van der Waals surface area contributed by atoms with Crippen LogP contribution in [-0.4, -0.2) is 22.0 Å². The Balaban J connectivity index is 1.87. The van der Waals surface area contributed by atoms with Crippen molar-refractivity contribution in [3.05, 3.63) is 17.0 Å². The van der Waals surface area contributed by atoms with Crippen LogP contribution in [0.1, 0.15) is 74.5 Å². The molecular weight excluding hydrogens is 250 g/mol. The highest BCUT2D eigenvalue weighted by Crippen LogP contribution is 2.44. The Bertz CT molecular complexity index is 486. The van der Waals surface area contributed by atoms with Gasteiger partial charge in [0.1, 0.15) is 0 Å². The predicted molar refractivity (Wildman–Crippen MR) is 79.7 cm³/mol. The van der Waals surface area contributed by atoms with Gasteiger partial charge < -0.3 is 10.5 Å². The van der Waals surface area contributed by atoms with Crippen LogP contribution in [0.25, 0.3) is 0 Å². The lowest BCUT2D eigenvalue weighted by atomic mass is 9.89. The normalized spacial score (nSPS) is 27.1. The average molecular weight is 277 g/mol. The summed E-state index contributed by atoms with van der Waals surface area (Å²) in [7, 11) is 0. The molecule has 1 aliphatic heterocycles. The molecule has 1 saturated heterocycles. The van der Waals surface area contributed by atoms with E-state index >= 15 is 0 Å². The van der Waals surface area contributed by atoms with Gasteiger partial charge in [0.15, 0.2) is 0 Å². The van der Waals surface area contributed by atoms with Gasteiger partial charge in [-0.1, -0.05) is 12.8 Å². The first-order chi connectivity index (χ1) is 9.52. The second-order valence-electron chi connectivity index (χ2n) is 6.70. The van der Waals surface area contributed by atoms with Crippen molar-refractivity contribution in [2.75, 3.05) is 6.61 Å². The molecule has 1 saturated carbocycles. The summed E-state index contributed by atoms with van der Waals surface area (Å²) in [6.45, 7) is 7.16. The molecule has 2 unspecified atom stereocenters. The molecule has 1 aliphatic carbocycles. The Hall–Kier alpha value is -0.870. The second kappa shape index (κ2) is 5.15. The van der Waals surface area contributed by atoms with E-state index in [4.69, 9.17) is 15.6 Å². The van der Waals surface area contributed by atoms with Crippen LogP contribution in [0.2, 0.25) is 0 Å². The van der Waals surface area contributed by atoms with Crippen LogP contribution in [0.4, 0.5) is 0 Å². The molecule has 3 rings (SSSR count). The largest absolute Gasteiger partial charge is 0.375 e. The smallest absolute Gasteiger partial charge is 0.0703 e. The Labute approximate surface area is 121 Å². The molecule has 2 atom stereocenters. The first kappa shape index (κ1) is 14.1. The van der Waals surface area contributed by atoms with Gasteiger partial charge in [-0.3, -0.25) is 4.68 Å². The summed E-state index contributed by atoms with van der Waals surface area (Å²) in [6, 6.07) is 0.539. The lowest BCUT2D eigenvalue weighted by Crippen LogP contribution is -2.38. The van der Waals surface area contributed by atoms with Gasteiger partial charge in [-0.2, -0.15) is 5.10 Å². The molecule has 0 amide bonds. The summed E-state index contributed by atoms with van der Waals surface area (Å²) in [6.07, 6.45) is 7.27. The van der Waals surface area contributed by atoms with Crippen LogP contribution >= 0.6 is 0 Å². The summed E-state index contributed by atoms with van der Waals surface area (Å²) in [5.74, 6) is 0. The minimum Gasteiger partial charge on any atom is -0.375 e. The first-order valence-corrected chi connectivity index (χ1v) is 7.97. The lowest BCUT2D eigenvalue weighted by Gasteiger charge is -2.38. The van der Waals surface area contributed by atoms with Crippen LogP contribution in [0.3, 0.4) is 0 Å². The van der Waals surface area contributed by atoms with E-state index in [9.17, 15) is 0 Å². The SMILES string of the molecule is Cc1nn(C2CCOC3(CCCC3)C2)c(C)c1C(C)N. The molecular formula is C16H27N3O. The van der Waals surface area contributed by atoms with Gasteiger partial charge in [-0.15, -0.1) is 0 Å². The first-order valence-electron chi connectivity index (χ1n) is 7.97. The van der Waals surface area contributed by atoms with E-state index in [1.54, 1.807) is 0 Å². The molecule has 0 bridgehead atoms. The molecule has 2 fully saturated rings. The van der Waals surface area contributed by atoms with Gasteiger partial charge in [0.2, 0.25) is 0 Å².